The number of benzene rings is 3. The van der Waals surface area contributed by atoms with E-state index in [-0.39, 0.29) is 18.5 Å². The zero-order chi connectivity index (χ0) is 36.5. The molecule has 0 saturated carbocycles. The molecule has 6 nitrogen and oxygen atoms in total. The van der Waals surface area contributed by atoms with Gasteiger partial charge in [0.15, 0.2) is 12.6 Å². The number of ether oxygens (including phenoxy) is 5. The Morgan fingerprint density at radius 3 is 1.56 bits per heavy atom. The summed E-state index contributed by atoms with van der Waals surface area (Å²) in [4.78, 5) is 13.5. The quantitative estimate of drug-likeness (QED) is 0.0660. The van der Waals surface area contributed by atoms with Crippen LogP contribution in [0.2, 0.25) is 0 Å². The van der Waals surface area contributed by atoms with E-state index in [1.54, 1.807) is 0 Å². The average Bonchev–Trinajstić information content (AvgIpc) is 3.17. The number of carbonyl (C=O) groups excluding carboxylic acids is 1. The molecule has 2 fully saturated rings. The number of unbranched alkanes of at least 4 members (excludes halogenated alkanes) is 11. The summed E-state index contributed by atoms with van der Waals surface area (Å²) in [7, 11) is 0. The fourth-order valence-corrected chi connectivity index (χ4v) is 7.51. The van der Waals surface area contributed by atoms with Crippen molar-refractivity contribution in [1.82, 2.24) is 0 Å². The fourth-order valence-electron chi connectivity index (χ4n) is 7.51. The van der Waals surface area contributed by atoms with Crippen molar-refractivity contribution < 1.29 is 28.5 Å². The minimum absolute atomic E-state index is 0.139. The summed E-state index contributed by atoms with van der Waals surface area (Å²) in [5.74, 6) is 0.942. The van der Waals surface area contributed by atoms with Crippen LogP contribution in [-0.2, 0) is 18.9 Å². The number of hydrogen-bond acceptors (Lipinski definition) is 6. The van der Waals surface area contributed by atoms with Crippen LogP contribution in [-0.4, -0.2) is 31.4 Å². The molecule has 0 radical (unpaired) electrons. The molecule has 3 aromatic carbocycles. The predicted octanol–water partition coefficient (Wildman–Crippen LogP) is 12.6. The van der Waals surface area contributed by atoms with Crippen molar-refractivity contribution in [1.29, 1.82) is 0 Å². The lowest BCUT2D eigenvalue weighted by molar-refractivity contribution is -0.237. The molecular formula is C46H64O6. The van der Waals surface area contributed by atoms with Crippen molar-refractivity contribution in [3.05, 3.63) is 89.5 Å². The number of hydrogen-bond donors (Lipinski definition) is 0. The van der Waals surface area contributed by atoms with Crippen molar-refractivity contribution in [2.24, 2.45) is 11.8 Å². The van der Waals surface area contributed by atoms with Gasteiger partial charge in [0.25, 0.3) is 0 Å². The first-order valence-electron chi connectivity index (χ1n) is 20.5. The van der Waals surface area contributed by atoms with Gasteiger partial charge in [0.2, 0.25) is 0 Å². The highest BCUT2D eigenvalue weighted by atomic mass is 16.7. The average molecular weight is 713 g/mol. The van der Waals surface area contributed by atoms with Crippen LogP contribution in [0.1, 0.15) is 158 Å². The van der Waals surface area contributed by atoms with E-state index < -0.39 is 12.3 Å². The molecule has 2 saturated heterocycles. The first-order valence-corrected chi connectivity index (χ1v) is 20.5. The Labute approximate surface area is 313 Å². The molecule has 2 heterocycles. The molecule has 3 aromatic rings. The Hall–Kier alpha value is -3.03. The maximum Gasteiger partial charge on any atom is 0.344 e. The van der Waals surface area contributed by atoms with Gasteiger partial charge >= 0.3 is 5.97 Å². The minimum atomic E-state index is -0.409. The summed E-state index contributed by atoms with van der Waals surface area (Å²) in [5.41, 5.74) is 4.17. The zero-order valence-electron chi connectivity index (χ0n) is 32.4. The van der Waals surface area contributed by atoms with Gasteiger partial charge in [-0.05, 0) is 56.0 Å². The second kappa shape index (κ2) is 21.6. The van der Waals surface area contributed by atoms with Crippen LogP contribution in [0.25, 0.3) is 11.1 Å². The van der Waals surface area contributed by atoms with Crippen molar-refractivity contribution in [3.8, 4) is 16.9 Å². The number of rotatable bonds is 20. The molecular weight excluding hydrogens is 649 g/mol. The number of carbonyl (C=O) groups is 1. The molecule has 2 aliphatic rings. The minimum Gasteiger partial charge on any atom is -0.423 e. The van der Waals surface area contributed by atoms with Gasteiger partial charge < -0.3 is 23.7 Å². The van der Waals surface area contributed by atoms with Crippen molar-refractivity contribution in [2.45, 2.75) is 149 Å². The molecule has 6 heteroatoms. The Bertz CT molecular complexity index is 1450. The van der Waals surface area contributed by atoms with Crippen molar-refractivity contribution >= 4 is 5.97 Å². The van der Waals surface area contributed by atoms with Crippen molar-refractivity contribution in [2.75, 3.05) is 13.2 Å². The normalized spacial score (nSPS) is 23.4. The highest BCUT2D eigenvalue weighted by molar-refractivity contribution is 5.98. The summed E-state index contributed by atoms with van der Waals surface area (Å²) in [6, 6.07) is 23.2. The van der Waals surface area contributed by atoms with Crippen molar-refractivity contribution in [3.63, 3.8) is 0 Å². The maximum absolute atomic E-state index is 13.5. The lowest BCUT2D eigenvalue weighted by Gasteiger charge is -2.35. The molecule has 0 spiro atoms. The summed E-state index contributed by atoms with van der Waals surface area (Å²) in [6.45, 7) is 10.3. The second-order valence-corrected chi connectivity index (χ2v) is 15.1. The topological polar surface area (TPSA) is 63.2 Å². The SMILES string of the molecule is CCCCCCCCC[C@@H]1CO[C@@H](c2ccc(OC(=O)c3ccccc3-c3ccc([C@@H]4OC[C@@H](CCCCCCCC)C(C)O4)cc3)cc2)OC1C. The van der Waals surface area contributed by atoms with Crippen LogP contribution < -0.4 is 4.74 Å². The van der Waals surface area contributed by atoms with E-state index >= 15 is 0 Å². The fraction of sp³-hybridized carbons (Fsp3) is 0.587. The van der Waals surface area contributed by atoms with Crippen LogP contribution in [0.3, 0.4) is 0 Å². The largest absolute Gasteiger partial charge is 0.423 e. The Morgan fingerprint density at radius 2 is 1.06 bits per heavy atom. The van der Waals surface area contributed by atoms with E-state index in [9.17, 15) is 4.79 Å². The Morgan fingerprint density at radius 1 is 0.596 bits per heavy atom. The third-order valence-corrected chi connectivity index (χ3v) is 11.0. The highest BCUT2D eigenvalue weighted by Gasteiger charge is 2.31. The molecule has 284 valence electrons. The van der Waals surface area contributed by atoms with Gasteiger partial charge in [-0.3, -0.25) is 0 Å². The molecule has 5 rings (SSSR count). The lowest BCUT2D eigenvalue weighted by atomic mass is 9.95. The second-order valence-electron chi connectivity index (χ2n) is 15.1. The third-order valence-electron chi connectivity index (χ3n) is 11.0. The van der Waals surface area contributed by atoms with Gasteiger partial charge in [-0.25, -0.2) is 4.79 Å². The first-order chi connectivity index (χ1) is 25.5. The van der Waals surface area contributed by atoms with Crippen LogP contribution in [0.4, 0.5) is 0 Å². The summed E-state index contributed by atoms with van der Waals surface area (Å²) in [5, 5.41) is 0. The Balaban J connectivity index is 1.09. The zero-order valence-corrected chi connectivity index (χ0v) is 32.4. The molecule has 0 bridgehead atoms. The van der Waals surface area contributed by atoms with E-state index in [0.717, 1.165) is 41.7 Å². The number of esters is 1. The summed E-state index contributed by atoms with van der Waals surface area (Å²) >= 11 is 0. The van der Waals surface area contributed by atoms with Crippen LogP contribution in [0, 0.1) is 11.8 Å². The smallest absolute Gasteiger partial charge is 0.344 e. The van der Waals surface area contributed by atoms with E-state index in [1.807, 2.05) is 72.8 Å². The van der Waals surface area contributed by atoms with E-state index in [4.69, 9.17) is 23.7 Å². The maximum atomic E-state index is 13.5. The molecule has 0 amide bonds. The van der Waals surface area contributed by atoms with Gasteiger partial charge in [0.05, 0.1) is 31.0 Å². The van der Waals surface area contributed by atoms with E-state index in [2.05, 4.69) is 27.7 Å². The van der Waals surface area contributed by atoms with E-state index in [1.165, 1.54) is 83.5 Å². The van der Waals surface area contributed by atoms with E-state index in [0.29, 0.717) is 29.8 Å². The monoisotopic (exact) mass is 712 g/mol. The standard InChI is InChI=1S/C46H64O6/c1-5-7-9-11-13-15-17-21-40-33-49-46(51-35(40)4)38-28-30-41(31-29-38)52-44(47)43-23-19-18-22-42(43)36-24-26-37(27-25-36)45-48-32-39(34(3)50-45)20-16-14-12-10-8-6-2/h18-19,22-31,34-35,39-40,45-46H,5-17,20-21,32-33H2,1-4H3/t34?,35?,39-,40-,45-,46-/m1/s1. The first kappa shape index (κ1) is 40.2. The lowest BCUT2D eigenvalue weighted by Crippen LogP contribution is -2.34. The molecule has 6 atom stereocenters. The highest BCUT2D eigenvalue weighted by Crippen LogP contribution is 2.35. The molecule has 2 aliphatic heterocycles. The third kappa shape index (κ3) is 12.0. The molecule has 52 heavy (non-hydrogen) atoms. The summed E-state index contributed by atoms with van der Waals surface area (Å²) < 4.78 is 30.8. The van der Waals surface area contributed by atoms with Crippen LogP contribution in [0.15, 0.2) is 72.8 Å². The van der Waals surface area contributed by atoms with Crippen LogP contribution >= 0.6 is 0 Å². The molecule has 0 aliphatic carbocycles. The summed E-state index contributed by atoms with van der Waals surface area (Å²) in [6.07, 6.45) is 18.8. The Kier molecular flexibility index (Phi) is 16.7. The molecule has 0 N–H and O–H groups in total. The van der Waals surface area contributed by atoms with Gasteiger partial charge in [-0.2, -0.15) is 0 Å². The van der Waals surface area contributed by atoms with Gasteiger partial charge in [-0.1, -0.05) is 152 Å². The van der Waals surface area contributed by atoms with Gasteiger partial charge in [-0.15, -0.1) is 0 Å². The predicted molar refractivity (Wildman–Crippen MR) is 209 cm³/mol. The van der Waals surface area contributed by atoms with Crippen LogP contribution in [0.5, 0.6) is 5.75 Å². The van der Waals surface area contributed by atoms with Gasteiger partial charge in [0.1, 0.15) is 5.75 Å². The molecule has 2 unspecified atom stereocenters. The van der Waals surface area contributed by atoms with Gasteiger partial charge in [0, 0.05) is 23.0 Å². The molecule has 0 aromatic heterocycles.